The molecular formula is C13H24N2O3. The molecule has 1 heterocycles. The number of ether oxygens (including phenoxy) is 1. The lowest BCUT2D eigenvalue weighted by atomic mass is 10.1. The molecule has 5 nitrogen and oxygen atoms in total. The third kappa shape index (κ3) is 2.76. The normalized spacial score (nSPS) is 25.0. The van der Waals surface area contributed by atoms with Gasteiger partial charge >= 0.3 is 6.09 Å². The molecule has 0 bridgehead atoms. The van der Waals surface area contributed by atoms with Crippen LogP contribution in [-0.2, 0) is 9.53 Å². The summed E-state index contributed by atoms with van der Waals surface area (Å²) in [5, 5.41) is 0. The van der Waals surface area contributed by atoms with Gasteiger partial charge in [-0.3, -0.25) is 9.69 Å². The zero-order chi connectivity index (χ0) is 14.2. The molecule has 0 aliphatic carbocycles. The van der Waals surface area contributed by atoms with Gasteiger partial charge < -0.3 is 9.64 Å². The first-order valence-corrected chi connectivity index (χ1v) is 6.34. The van der Waals surface area contributed by atoms with Crippen LogP contribution in [0, 0.1) is 5.92 Å². The van der Waals surface area contributed by atoms with E-state index in [4.69, 9.17) is 4.74 Å². The number of rotatable bonds is 1. The van der Waals surface area contributed by atoms with Gasteiger partial charge in [-0.15, -0.1) is 0 Å². The van der Waals surface area contributed by atoms with Crippen molar-refractivity contribution in [1.29, 1.82) is 0 Å². The molecule has 0 N–H and O–H groups in total. The van der Waals surface area contributed by atoms with Gasteiger partial charge in [-0.1, -0.05) is 13.8 Å². The summed E-state index contributed by atoms with van der Waals surface area (Å²) in [7, 11) is 1.73. The second-order valence-electron chi connectivity index (χ2n) is 6.17. The standard InChI is InChI=1S/C13H24N2O3/c1-8(2)10-14(7)11(16)9(3)15(10)12(17)18-13(4,5)6/h8-10H,1-7H3/t9-,10-/m0/s1. The lowest BCUT2D eigenvalue weighted by Gasteiger charge is -2.33. The van der Waals surface area contributed by atoms with Crippen molar-refractivity contribution in [3.05, 3.63) is 0 Å². The molecule has 2 amide bonds. The highest BCUT2D eigenvalue weighted by molar-refractivity contribution is 5.88. The zero-order valence-electron chi connectivity index (χ0n) is 12.4. The summed E-state index contributed by atoms with van der Waals surface area (Å²) in [6.07, 6.45) is -0.659. The fourth-order valence-corrected chi connectivity index (χ4v) is 2.31. The van der Waals surface area contributed by atoms with Crippen LogP contribution in [0.5, 0.6) is 0 Å². The number of carbonyl (C=O) groups is 2. The quantitative estimate of drug-likeness (QED) is 0.721. The number of hydrogen-bond acceptors (Lipinski definition) is 3. The summed E-state index contributed by atoms with van der Waals surface area (Å²) < 4.78 is 5.38. The van der Waals surface area contributed by atoms with Crippen molar-refractivity contribution in [1.82, 2.24) is 9.80 Å². The van der Waals surface area contributed by atoms with Crippen molar-refractivity contribution in [3.8, 4) is 0 Å². The molecule has 0 radical (unpaired) electrons. The van der Waals surface area contributed by atoms with Gasteiger partial charge in [-0.25, -0.2) is 4.79 Å². The Kier molecular flexibility index (Phi) is 3.93. The largest absolute Gasteiger partial charge is 0.444 e. The first-order chi connectivity index (χ1) is 8.06. The van der Waals surface area contributed by atoms with Gasteiger partial charge in [0.25, 0.3) is 0 Å². The van der Waals surface area contributed by atoms with E-state index < -0.39 is 17.7 Å². The highest BCUT2D eigenvalue weighted by atomic mass is 16.6. The Morgan fingerprint density at radius 2 is 1.83 bits per heavy atom. The van der Waals surface area contributed by atoms with Crippen molar-refractivity contribution in [2.45, 2.75) is 59.4 Å². The summed E-state index contributed by atoms with van der Waals surface area (Å²) in [6.45, 7) is 11.2. The molecule has 0 unspecified atom stereocenters. The topological polar surface area (TPSA) is 49.9 Å². The average Bonchev–Trinajstić information content (AvgIpc) is 2.39. The Morgan fingerprint density at radius 3 is 2.22 bits per heavy atom. The lowest BCUT2D eigenvalue weighted by molar-refractivity contribution is -0.128. The second kappa shape index (κ2) is 4.78. The van der Waals surface area contributed by atoms with E-state index in [1.54, 1.807) is 18.9 Å². The van der Waals surface area contributed by atoms with Crippen LogP contribution in [0.3, 0.4) is 0 Å². The summed E-state index contributed by atoms with van der Waals surface area (Å²) in [5.41, 5.74) is -0.553. The average molecular weight is 256 g/mol. The highest BCUT2D eigenvalue weighted by Gasteiger charge is 2.47. The van der Waals surface area contributed by atoms with Crippen molar-refractivity contribution in [3.63, 3.8) is 0 Å². The van der Waals surface area contributed by atoms with E-state index in [-0.39, 0.29) is 18.0 Å². The van der Waals surface area contributed by atoms with Crippen molar-refractivity contribution >= 4 is 12.0 Å². The van der Waals surface area contributed by atoms with E-state index >= 15 is 0 Å². The number of nitrogens with zero attached hydrogens (tertiary/aromatic N) is 2. The Bertz CT molecular complexity index is 347. The Morgan fingerprint density at radius 1 is 1.33 bits per heavy atom. The fraction of sp³-hybridized carbons (Fsp3) is 0.846. The molecule has 0 saturated carbocycles. The second-order valence-corrected chi connectivity index (χ2v) is 6.17. The molecular weight excluding hydrogens is 232 g/mol. The van der Waals surface area contributed by atoms with Crippen LogP contribution in [-0.4, -0.2) is 46.7 Å². The van der Waals surface area contributed by atoms with Gasteiger partial charge in [0.05, 0.1) is 0 Å². The molecule has 1 fully saturated rings. The molecule has 0 aromatic rings. The number of likely N-dealkylation sites (N-methyl/N-ethyl adjacent to an activating group) is 1. The Labute approximate surface area is 109 Å². The molecule has 1 aliphatic heterocycles. The Balaban J connectivity index is 2.97. The molecule has 1 saturated heterocycles. The van der Waals surface area contributed by atoms with Gasteiger partial charge in [-0.2, -0.15) is 0 Å². The zero-order valence-corrected chi connectivity index (χ0v) is 12.4. The number of carbonyl (C=O) groups excluding carboxylic acids is 2. The number of hydrogen-bond donors (Lipinski definition) is 0. The number of amides is 2. The molecule has 2 atom stereocenters. The predicted molar refractivity (Wildman–Crippen MR) is 68.9 cm³/mol. The van der Waals surface area contributed by atoms with E-state index in [2.05, 4.69) is 0 Å². The molecule has 18 heavy (non-hydrogen) atoms. The SMILES string of the molecule is CC(C)[C@H]1N(C)C(=O)[C@H](C)N1C(=O)OC(C)(C)C. The third-order valence-electron chi connectivity index (χ3n) is 3.00. The van der Waals surface area contributed by atoms with Gasteiger partial charge in [0, 0.05) is 7.05 Å². The van der Waals surface area contributed by atoms with E-state index in [9.17, 15) is 9.59 Å². The van der Waals surface area contributed by atoms with Crippen LogP contribution in [0.15, 0.2) is 0 Å². The van der Waals surface area contributed by atoms with E-state index in [1.165, 1.54) is 4.90 Å². The Hall–Kier alpha value is -1.26. The summed E-state index contributed by atoms with van der Waals surface area (Å²) >= 11 is 0. The van der Waals surface area contributed by atoms with Crippen LogP contribution >= 0.6 is 0 Å². The van der Waals surface area contributed by atoms with E-state index in [0.29, 0.717) is 0 Å². The molecule has 1 rings (SSSR count). The predicted octanol–water partition coefficient (Wildman–Crippen LogP) is 2.07. The maximum Gasteiger partial charge on any atom is 0.412 e. The van der Waals surface area contributed by atoms with Crippen LogP contribution in [0.2, 0.25) is 0 Å². The first-order valence-electron chi connectivity index (χ1n) is 6.34. The summed E-state index contributed by atoms with van der Waals surface area (Å²) in [6, 6.07) is -0.461. The maximum absolute atomic E-state index is 12.2. The van der Waals surface area contributed by atoms with Gasteiger partial charge in [0.2, 0.25) is 5.91 Å². The lowest BCUT2D eigenvalue weighted by Crippen LogP contribution is -2.48. The molecule has 0 spiro atoms. The minimum atomic E-state index is -0.553. The maximum atomic E-state index is 12.2. The van der Waals surface area contributed by atoms with Crippen molar-refractivity contribution in [2.24, 2.45) is 5.92 Å². The monoisotopic (exact) mass is 256 g/mol. The fourth-order valence-electron chi connectivity index (χ4n) is 2.31. The molecule has 0 aromatic heterocycles. The van der Waals surface area contributed by atoms with Crippen LogP contribution < -0.4 is 0 Å². The van der Waals surface area contributed by atoms with Gasteiger partial charge in [0.15, 0.2) is 0 Å². The minimum Gasteiger partial charge on any atom is -0.444 e. The molecule has 104 valence electrons. The third-order valence-corrected chi connectivity index (χ3v) is 3.00. The van der Waals surface area contributed by atoms with Crippen molar-refractivity contribution in [2.75, 3.05) is 7.05 Å². The van der Waals surface area contributed by atoms with Gasteiger partial charge in [0.1, 0.15) is 17.8 Å². The smallest absolute Gasteiger partial charge is 0.412 e. The molecule has 0 aromatic carbocycles. The van der Waals surface area contributed by atoms with E-state index in [0.717, 1.165) is 0 Å². The summed E-state index contributed by atoms with van der Waals surface area (Å²) in [5.74, 6) is 0.121. The molecule has 5 heteroatoms. The molecule has 1 aliphatic rings. The van der Waals surface area contributed by atoms with Crippen LogP contribution in [0.25, 0.3) is 0 Å². The van der Waals surface area contributed by atoms with Crippen molar-refractivity contribution < 1.29 is 14.3 Å². The van der Waals surface area contributed by atoms with E-state index in [1.807, 2.05) is 34.6 Å². The first kappa shape index (κ1) is 14.8. The highest BCUT2D eigenvalue weighted by Crippen LogP contribution is 2.27. The van der Waals surface area contributed by atoms with Gasteiger partial charge in [-0.05, 0) is 33.6 Å². The summed E-state index contributed by atoms with van der Waals surface area (Å²) in [4.78, 5) is 27.3. The minimum absolute atomic E-state index is 0.0421. The van der Waals surface area contributed by atoms with Crippen LogP contribution in [0.1, 0.15) is 41.5 Å². The van der Waals surface area contributed by atoms with Crippen LogP contribution in [0.4, 0.5) is 4.79 Å².